The van der Waals surface area contributed by atoms with Gasteiger partial charge in [0.15, 0.2) is 5.82 Å². The Balaban J connectivity index is 1.63. The van der Waals surface area contributed by atoms with Crippen LogP contribution in [0.25, 0.3) is 0 Å². The largest absolute Gasteiger partial charge is 0.307 e. The first-order valence-corrected chi connectivity index (χ1v) is 8.61. The third-order valence-corrected chi connectivity index (χ3v) is 6.30. The van der Waals surface area contributed by atoms with Crippen LogP contribution in [0.3, 0.4) is 0 Å². The Morgan fingerprint density at radius 1 is 1.29 bits per heavy atom. The van der Waals surface area contributed by atoms with E-state index in [0.717, 1.165) is 29.4 Å². The number of carbonyl (C=O) groups excluding carboxylic acids is 1. The van der Waals surface area contributed by atoms with E-state index in [1.165, 1.54) is 4.31 Å². The van der Waals surface area contributed by atoms with Crippen LogP contribution >= 0.6 is 0 Å². The van der Waals surface area contributed by atoms with Crippen LogP contribution in [-0.4, -0.2) is 50.3 Å². The number of aryl methyl sites for hydroxylation is 1. The molecule has 3 aliphatic rings. The van der Waals surface area contributed by atoms with Gasteiger partial charge in [0, 0.05) is 19.5 Å². The average Bonchev–Trinajstić information content (AvgIpc) is 2.98. The van der Waals surface area contributed by atoms with Crippen molar-refractivity contribution in [2.24, 2.45) is 7.05 Å². The van der Waals surface area contributed by atoms with E-state index in [2.05, 4.69) is 10.1 Å². The summed E-state index contributed by atoms with van der Waals surface area (Å²) in [7, 11) is -1.95. The first kappa shape index (κ1) is 13.2. The van der Waals surface area contributed by atoms with E-state index >= 15 is 0 Å². The van der Waals surface area contributed by atoms with Crippen molar-refractivity contribution < 1.29 is 13.2 Å². The minimum Gasteiger partial charge on any atom is -0.272 e. The number of amides is 1. The third-order valence-electron chi connectivity index (χ3n) is 4.41. The molecule has 1 saturated carbocycles. The van der Waals surface area contributed by atoms with Crippen LogP contribution in [0, 0.1) is 0 Å². The van der Waals surface area contributed by atoms with Crippen molar-refractivity contribution in [1.82, 2.24) is 23.4 Å². The van der Waals surface area contributed by atoms with Gasteiger partial charge < -0.3 is 0 Å². The van der Waals surface area contributed by atoms with Crippen molar-refractivity contribution in [3.05, 3.63) is 11.6 Å². The van der Waals surface area contributed by atoms with Crippen molar-refractivity contribution in [2.45, 2.75) is 44.2 Å². The molecule has 1 atom stereocenters. The van der Waals surface area contributed by atoms with Crippen LogP contribution in [0.15, 0.2) is 0 Å². The molecule has 0 radical (unpaired) electrons. The molecule has 9 heteroatoms. The summed E-state index contributed by atoms with van der Waals surface area (Å²) in [5.74, 6) is 1.36. The van der Waals surface area contributed by atoms with Gasteiger partial charge in [-0.05, 0) is 25.7 Å². The van der Waals surface area contributed by atoms with Gasteiger partial charge in [0.25, 0.3) is 5.91 Å². The normalized spacial score (nSPS) is 28.3. The molecule has 0 unspecified atom stereocenters. The van der Waals surface area contributed by atoms with Crippen LogP contribution in [0.1, 0.15) is 43.3 Å². The fourth-order valence-electron chi connectivity index (χ4n) is 3.05. The second-order valence-electron chi connectivity index (χ2n) is 5.91. The van der Waals surface area contributed by atoms with Crippen molar-refractivity contribution in [3.8, 4) is 0 Å². The maximum Gasteiger partial charge on any atom is 0.307 e. The van der Waals surface area contributed by atoms with E-state index < -0.39 is 16.3 Å². The van der Waals surface area contributed by atoms with Gasteiger partial charge in [0.2, 0.25) is 0 Å². The van der Waals surface area contributed by atoms with Gasteiger partial charge in [-0.25, -0.2) is 9.29 Å². The Kier molecular flexibility index (Phi) is 2.68. The van der Waals surface area contributed by atoms with Crippen molar-refractivity contribution in [1.29, 1.82) is 0 Å². The highest BCUT2D eigenvalue weighted by molar-refractivity contribution is 7.87. The molecule has 1 aliphatic carbocycles. The summed E-state index contributed by atoms with van der Waals surface area (Å²) in [5, 5.41) is 4.32. The second-order valence-corrected chi connectivity index (χ2v) is 7.71. The molecule has 0 N–H and O–H groups in total. The summed E-state index contributed by atoms with van der Waals surface area (Å²) in [4.78, 5) is 16.7. The number of fused-ring (bicyclic) bond motifs is 1. The summed E-state index contributed by atoms with van der Waals surface area (Å²) in [6.45, 7) is 0.408. The lowest BCUT2D eigenvalue weighted by Crippen LogP contribution is -2.34. The fraction of sp³-hybridized carbons (Fsp3) is 0.750. The number of nitrogens with zero attached hydrogens (tertiary/aromatic N) is 5. The molecule has 4 rings (SSSR count). The molecule has 1 amide bonds. The minimum atomic E-state index is -3.69. The fourth-order valence-corrected chi connectivity index (χ4v) is 4.81. The van der Waals surface area contributed by atoms with Gasteiger partial charge in [0.05, 0.1) is 6.54 Å². The summed E-state index contributed by atoms with van der Waals surface area (Å²) >= 11 is 0. The molecule has 1 aromatic rings. The topological polar surface area (TPSA) is 88.4 Å². The zero-order valence-electron chi connectivity index (χ0n) is 11.8. The molecule has 0 aromatic carbocycles. The number of rotatable bonds is 3. The van der Waals surface area contributed by atoms with Crippen LogP contribution in [-0.2, 0) is 28.6 Å². The van der Waals surface area contributed by atoms with E-state index in [0.29, 0.717) is 24.7 Å². The first-order chi connectivity index (χ1) is 9.98. The van der Waals surface area contributed by atoms with E-state index in [9.17, 15) is 13.2 Å². The zero-order valence-corrected chi connectivity index (χ0v) is 12.6. The minimum absolute atomic E-state index is 0.0234. The summed E-state index contributed by atoms with van der Waals surface area (Å²) in [6, 6.07) is -0.508. The van der Waals surface area contributed by atoms with Crippen molar-refractivity contribution >= 4 is 16.1 Å². The molecule has 0 spiro atoms. The highest BCUT2D eigenvalue weighted by atomic mass is 32.2. The highest BCUT2D eigenvalue weighted by Crippen LogP contribution is 2.38. The molecule has 1 aromatic heterocycles. The van der Waals surface area contributed by atoms with Crippen molar-refractivity contribution in [3.63, 3.8) is 0 Å². The van der Waals surface area contributed by atoms with Gasteiger partial charge in [-0.15, -0.1) is 0 Å². The molecular weight excluding hydrogens is 294 g/mol. The van der Waals surface area contributed by atoms with Gasteiger partial charge in [-0.1, -0.05) is 0 Å². The van der Waals surface area contributed by atoms with E-state index in [1.807, 2.05) is 0 Å². The standard InChI is InChI=1S/C12H17N5O3S/c1-15-10(13-11(14-15)8-4-5-8)7-17-12(18)9-3-2-6-16(9)21(17,19)20/h8-9H,2-7H2,1H3/t9-/m1/s1. The van der Waals surface area contributed by atoms with Crippen LogP contribution in [0.2, 0.25) is 0 Å². The molecule has 21 heavy (non-hydrogen) atoms. The lowest BCUT2D eigenvalue weighted by Gasteiger charge is -2.16. The van der Waals surface area contributed by atoms with E-state index in [1.54, 1.807) is 11.7 Å². The molecule has 3 fully saturated rings. The molecule has 2 saturated heterocycles. The van der Waals surface area contributed by atoms with Gasteiger partial charge in [0.1, 0.15) is 11.9 Å². The monoisotopic (exact) mass is 311 g/mol. The molecular formula is C12H17N5O3S. The van der Waals surface area contributed by atoms with Crippen molar-refractivity contribution in [2.75, 3.05) is 6.54 Å². The maximum absolute atomic E-state index is 12.4. The number of hydrogen-bond acceptors (Lipinski definition) is 5. The van der Waals surface area contributed by atoms with Gasteiger partial charge >= 0.3 is 10.2 Å². The van der Waals surface area contributed by atoms with Gasteiger partial charge in [-0.3, -0.25) is 9.48 Å². The zero-order chi connectivity index (χ0) is 14.8. The quantitative estimate of drug-likeness (QED) is 0.767. The molecule has 0 bridgehead atoms. The summed E-state index contributed by atoms with van der Waals surface area (Å²) in [6.07, 6.45) is 3.53. The predicted molar refractivity (Wildman–Crippen MR) is 72.2 cm³/mol. The van der Waals surface area contributed by atoms with Crippen LogP contribution in [0.5, 0.6) is 0 Å². The first-order valence-electron chi connectivity index (χ1n) is 7.21. The summed E-state index contributed by atoms with van der Waals surface area (Å²) in [5.41, 5.74) is 0. The van der Waals surface area contributed by atoms with E-state index in [-0.39, 0.29) is 12.5 Å². The average molecular weight is 311 g/mol. The summed E-state index contributed by atoms with van der Waals surface area (Å²) < 4.78 is 28.7. The third kappa shape index (κ3) is 1.90. The van der Waals surface area contributed by atoms with Crippen LogP contribution in [0.4, 0.5) is 0 Å². The second kappa shape index (κ2) is 4.26. The number of aromatic nitrogens is 3. The number of carbonyl (C=O) groups is 1. The SMILES string of the molecule is Cn1nc(C2CC2)nc1CN1C(=O)[C@H]2CCCN2S1(=O)=O. The Morgan fingerprint density at radius 2 is 2.05 bits per heavy atom. The molecule has 8 nitrogen and oxygen atoms in total. The Labute approximate surface area is 122 Å². The lowest BCUT2D eigenvalue weighted by molar-refractivity contribution is -0.127. The Morgan fingerprint density at radius 3 is 2.71 bits per heavy atom. The Hall–Kier alpha value is -1.48. The van der Waals surface area contributed by atoms with E-state index in [4.69, 9.17) is 0 Å². The predicted octanol–water partition coefficient (Wildman–Crippen LogP) is -0.256. The molecule has 114 valence electrons. The molecule has 3 heterocycles. The number of hydrogen-bond donors (Lipinski definition) is 0. The van der Waals surface area contributed by atoms with Gasteiger partial charge in [-0.2, -0.15) is 17.8 Å². The lowest BCUT2D eigenvalue weighted by atomic mass is 10.2. The van der Waals surface area contributed by atoms with Crippen LogP contribution < -0.4 is 0 Å². The highest BCUT2D eigenvalue weighted by Gasteiger charge is 2.52. The maximum atomic E-state index is 12.4. The smallest absolute Gasteiger partial charge is 0.272 e. The Bertz CT molecular complexity index is 708. The molecule has 2 aliphatic heterocycles.